The Balaban J connectivity index is 2.83. The summed E-state index contributed by atoms with van der Waals surface area (Å²) in [6, 6.07) is 3.52. The first-order valence-corrected chi connectivity index (χ1v) is 6.99. The Morgan fingerprint density at radius 1 is 1.10 bits per heavy atom. The molecule has 0 aliphatic carbocycles. The molecule has 0 spiro atoms. The van der Waals surface area contributed by atoms with Gasteiger partial charge in [0.1, 0.15) is 5.75 Å². The summed E-state index contributed by atoms with van der Waals surface area (Å²) in [4.78, 5) is 0.482. The van der Waals surface area contributed by atoms with Gasteiger partial charge in [0.15, 0.2) is 11.5 Å². The minimum Gasteiger partial charge on any atom is -0.493 e. The predicted molar refractivity (Wildman–Crippen MR) is 86.8 cm³/mol. The average Bonchev–Trinajstić information content (AvgIpc) is 2.45. The number of ether oxygens (including phenoxy) is 4. The van der Waals surface area contributed by atoms with E-state index >= 15 is 0 Å². The van der Waals surface area contributed by atoms with Crippen LogP contribution < -0.4 is 24.7 Å². The Morgan fingerprint density at radius 2 is 1.62 bits per heavy atom. The second-order valence-corrected chi connectivity index (χ2v) is 5.65. The molecule has 2 N–H and O–H groups in total. The first-order chi connectivity index (χ1) is 9.85. The van der Waals surface area contributed by atoms with Gasteiger partial charge in [0, 0.05) is 17.5 Å². The van der Waals surface area contributed by atoms with E-state index in [0.29, 0.717) is 34.6 Å². The Hall–Kier alpha value is -1.69. The minimum atomic E-state index is -0.240. The van der Waals surface area contributed by atoms with Crippen molar-refractivity contribution in [1.82, 2.24) is 0 Å². The summed E-state index contributed by atoms with van der Waals surface area (Å²) in [5.74, 6) is 2.29. The maximum absolute atomic E-state index is 5.75. The summed E-state index contributed by atoms with van der Waals surface area (Å²) in [5, 5.41) is 0. The molecule has 1 rings (SSSR count). The van der Waals surface area contributed by atoms with Gasteiger partial charge in [-0.2, -0.15) is 0 Å². The first kappa shape index (κ1) is 17.4. The molecule has 0 atom stereocenters. The lowest BCUT2D eigenvalue weighted by Crippen LogP contribution is -2.31. The van der Waals surface area contributed by atoms with Crippen LogP contribution in [0.5, 0.6) is 23.0 Å². The molecule has 0 aliphatic heterocycles. The van der Waals surface area contributed by atoms with Crippen LogP contribution in [0.2, 0.25) is 0 Å². The smallest absolute Gasteiger partial charge is 0.203 e. The molecule has 5 nitrogen and oxygen atoms in total. The van der Waals surface area contributed by atoms with E-state index in [0.717, 1.165) is 6.42 Å². The van der Waals surface area contributed by atoms with Gasteiger partial charge in [-0.3, -0.25) is 0 Å². The predicted octanol–water partition coefficient (Wildman–Crippen LogP) is 2.79. The molecule has 0 amide bonds. The maximum atomic E-state index is 5.75. The molecule has 0 radical (unpaired) electrons. The number of rotatable bonds is 8. The Labute approximate surface area is 131 Å². The molecule has 0 aromatic heterocycles. The van der Waals surface area contributed by atoms with Crippen molar-refractivity contribution in [2.45, 2.75) is 20.3 Å². The highest BCUT2D eigenvalue weighted by molar-refractivity contribution is 7.80. The third-order valence-electron chi connectivity index (χ3n) is 3.30. The van der Waals surface area contributed by atoms with Crippen molar-refractivity contribution in [3.05, 3.63) is 12.1 Å². The van der Waals surface area contributed by atoms with Crippen molar-refractivity contribution in [3.8, 4) is 23.0 Å². The molecule has 0 fully saturated rings. The van der Waals surface area contributed by atoms with E-state index in [9.17, 15) is 0 Å². The van der Waals surface area contributed by atoms with Crippen LogP contribution in [0, 0.1) is 5.41 Å². The lowest BCUT2D eigenvalue weighted by molar-refractivity contribution is 0.264. The zero-order valence-corrected chi connectivity index (χ0v) is 14.0. The lowest BCUT2D eigenvalue weighted by Gasteiger charge is -2.23. The van der Waals surface area contributed by atoms with Gasteiger partial charge in [0.05, 0.1) is 32.9 Å². The summed E-state index contributed by atoms with van der Waals surface area (Å²) in [6.07, 6.45) is 0.721. The summed E-state index contributed by atoms with van der Waals surface area (Å²) in [5.41, 5.74) is 5.46. The lowest BCUT2D eigenvalue weighted by atomic mass is 9.90. The largest absolute Gasteiger partial charge is 0.493 e. The normalized spacial score (nSPS) is 10.9. The Kier molecular flexibility index (Phi) is 6.08. The molecule has 0 saturated carbocycles. The molecule has 118 valence electrons. The van der Waals surface area contributed by atoms with Gasteiger partial charge in [0.25, 0.3) is 0 Å². The maximum Gasteiger partial charge on any atom is 0.203 e. The van der Waals surface area contributed by atoms with Crippen LogP contribution >= 0.6 is 12.2 Å². The highest BCUT2D eigenvalue weighted by atomic mass is 32.1. The summed E-state index contributed by atoms with van der Waals surface area (Å²) >= 11 is 5.04. The molecule has 0 heterocycles. The third-order valence-corrected chi connectivity index (χ3v) is 3.85. The van der Waals surface area contributed by atoms with Gasteiger partial charge in [-0.1, -0.05) is 26.1 Å². The molecule has 0 saturated heterocycles. The highest BCUT2D eigenvalue weighted by Crippen LogP contribution is 2.40. The molecular weight excluding hydrogens is 290 g/mol. The van der Waals surface area contributed by atoms with Gasteiger partial charge in [0.2, 0.25) is 5.75 Å². The topological polar surface area (TPSA) is 62.9 Å². The van der Waals surface area contributed by atoms with Gasteiger partial charge >= 0.3 is 0 Å². The van der Waals surface area contributed by atoms with Crippen LogP contribution in [0.25, 0.3) is 0 Å². The van der Waals surface area contributed by atoms with Gasteiger partial charge in [-0.25, -0.2) is 0 Å². The van der Waals surface area contributed by atoms with Crippen molar-refractivity contribution in [2.75, 3.05) is 27.9 Å². The number of thiocarbonyl (C=S) groups is 1. The van der Waals surface area contributed by atoms with E-state index in [1.54, 1.807) is 33.5 Å². The van der Waals surface area contributed by atoms with Crippen molar-refractivity contribution in [3.63, 3.8) is 0 Å². The van der Waals surface area contributed by atoms with Crippen LogP contribution in [0.1, 0.15) is 20.3 Å². The van der Waals surface area contributed by atoms with Crippen molar-refractivity contribution < 1.29 is 18.9 Å². The molecule has 21 heavy (non-hydrogen) atoms. The fourth-order valence-corrected chi connectivity index (χ4v) is 1.79. The Morgan fingerprint density at radius 3 is 2.00 bits per heavy atom. The van der Waals surface area contributed by atoms with Crippen molar-refractivity contribution in [2.24, 2.45) is 11.1 Å². The molecule has 0 bridgehead atoms. The zero-order chi connectivity index (χ0) is 16.0. The molecular formula is C15H23NO4S. The van der Waals surface area contributed by atoms with Crippen LogP contribution in [0.3, 0.4) is 0 Å². The molecule has 0 aliphatic rings. The van der Waals surface area contributed by atoms with E-state index in [4.69, 9.17) is 36.9 Å². The second-order valence-electron chi connectivity index (χ2n) is 5.21. The molecule has 6 heteroatoms. The van der Waals surface area contributed by atoms with E-state index in [-0.39, 0.29) is 5.41 Å². The standard InChI is InChI=1S/C15H23NO4S/c1-15(2,14(16)21)6-7-20-10-8-11(17-3)13(19-5)12(9-10)18-4/h8-9H,6-7H2,1-5H3,(H2,16,21). The molecule has 1 aromatic rings. The monoisotopic (exact) mass is 313 g/mol. The fourth-order valence-electron chi connectivity index (χ4n) is 1.69. The number of nitrogens with two attached hydrogens (primary N) is 1. The van der Waals surface area contributed by atoms with Crippen LogP contribution in [0.15, 0.2) is 12.1 Å². The SMILES string of the molecule is COc1cc(OCCC(C)(C)C(N)=S)cc(OC)c1OC. The van der Waals surface area contributed by atoms with Crippen molar-refractivity contribution >= 4 is 17.2 Å². The van der Waals surface area contributed by atoms with E-state index in [2.05, 4.69) is 0 Å². The number of benzene rings is 1. The van der Waals surface area contributed by atoms with Gasteiger partial charge < -0.3 is 24.7 Å². The molecule has 1 aromatic carbocycles. The van der Waals surface area contributed by atoms with E-state index in [1.807, 2.05) is 13.8 Å². The second kappa shape index (κ2) is 7.36. The fraction of sp³-hybridized carbons (Fsp3) is 0.533. The average molecular weight is 313 g/mol. The third kappa shape index (κ3) is 4.39. The zero-order valence-electron chi connectivity index (χ0n) is 13.2. The number of hydrogen-bond donors (Lipinski definition) is 1. The number of methoxy groups -OCH3 is 3. The highest BCUT2D eigenvalue weighted by Gasteiger charge is 2.21. The molecule has 0 unspecified atom stereocenters. The van der Waals surface area contributed by atoms with Crippen LogP contribution in [0.4, 0.5) is 0 Å². The summed E-state index contributed by atoms with van der Waals surface area (Å²) in [6.45, 7) is 4.48. The van der Waals surface area contributed by atoms with Crippen LogP contribution in [-0.4, -0.2) is 32.9 Å². The minimum absolute atomic E-state index is 0.240. The van der Waals surface area contributed by atoms with Gasteiger partial charge in [-0.15, -0.1) is 0 Å². The Bertz CT molecular complexity index is 477. The first-order valence-electron chi connectivity index (χ1n) is 6.58. The quantitative estimate of drug-likeness (QED) is 0.745. The summed E-state index contributed by atoms with van der Waals surface area (Å²) in [7, 11) is 4.69. The summed E-state index contributed by atoms with van der Waals surface area (Å²) < 4.78 is 21.6. The van der Waals surface area contributed by atoms with E-state index in [1.165, 1.54) is 0 Å². The number of hydrogen-bond acceptors (Lipinski definition) is 5. The van der Waals surface area contributed by atoms with Crippen molar-refractivity contribution in [1.29, 1.82) is 0 Å². The van der Waals surface area contributed by atoms with E-state index < -0.39 is 0 Å². The van der Waals surface area contributed by atoms with Crippen LogP contribution in [-0.2, 0) is 0 Å². The van der Waals surface area contributed by atoms with Gasteiger partial charge in [-0.05, 0) is 6.42 Å².